The average molecular weight is 551 g/mol. The molecule has 11 heteroatoms. The number of pyridine rings is 1. The van der Waals surface area contributed by atoms with E-state index in [4.69, 9.17) is 21.7 Å². The summed E-state index contributed by atoms with van der Waals surface area (Å²) in [5.74, 6) is 0.445. The minimum absolute atomic E-state index is 0.00795. The lowest BCUT2D eigenvalue weighted by Gasteiger charge is -2.30. The summed E-state index contributed by atoms with van der Waals surface area (Å²) in [7, 11) is 1.50. The SMILES string of the molecule is COc1ccc(-n2c(C)cc(C3C(c4ccccn4)NC(=S)N3CCCN3CCOCC3)c2C)c([N+](=O)[O-])c1. The third-order valence-corrected chi connectivity index (χ3v) is 7.94. The molecular weight excluding hydrogens is 516 g/mol. The highest BCUT2D eigenvalue weighted by atomic mass is 32.1. The second-order valence-electron chi connectivity index (χ2n) is 9.90. The number of aromatic nitrogens is 2. The molecule has 0 bridgehead atoms. The number of nitro benzene ring substituents is 1. The van der Waals surface area contributed by atoms with Crippen LogP contribution in [0.25, 0.3) is 5.69 Å². The van der Waals surface area contributed by atoms with Crippen LogP contribution in [-0.2, 0) is 4.74 Å². The molecule has 1 aromatic carbocycles. The maximum absolute atomic E-state index is 12.0. The van der Waals surface area contributed by atoms with Crippen molar-refractivity contribution in [2.24, 2.45) is 0 Å². The molecule has 2 atom stereocenters. The quantitative estimate of drug-likeness (QED) is 0.240. The molecule has 2 aliphatic rings. The Morgan fingerprint density at radius 3 is 2.67 bits per heavy atom. The predicted octanol–water partition coefficient (Wildman–Crippen LogP) is 4.10. The van der Waals surface area contributed by atoms with Crippen LogP contribution in [0.3, 0.4) is 0 Å². The summed E-state index contributed by atoms with van der Waals surface area (Å²) in [6, 6.07) is 12.7. The maximum Gasteiger partial charge on any atom is 0.296 e. The smallest absolute Gasteiger partial charge is 0.296 e. The fourth-order valence-corrected chi connectivity index (χ4v) is 6.03. The maximum atomic E-state index is 12.0. The Kier molecular flexibility index (Phi) is 8.10. The lowest BCUT2D eigenvalue weighted by atomic mass is 9.96. The minimum Gasteiger partial charge on any atom is -0.496 e. The monoisotopic (exact) mass is 550 g/mol. The van der Waals surface area contributed by atoms with E-state index in [1.54, 1.807) is 18.3 Å². The summed E-state index contributed by atoms with van der Waals surface area (Å²) >= 11 is 5.87. The van der Waals surface area contributed by atoms with Crippen LogP contribution >= 0.6 is 12.2 Å². The van der Waals surface area contributed by atoms with Gasteiger partial charge in [0.25, 0.3) is 5.69 Å². The fraction of sp³-hybridized carbons (Fsp3) is 0.429. The van der Waals surface area contributed by atoms with Crippen molar-refractivity contribution in [3.05, 3.63) is 81.4 Å². The molecule has 0 radical (unpaired) electrons. The summed E-state index contributed by atoms with van der Waals surface area (Å²) in [4.78, 5) is 21.0. The number of nitro groups is 1. The number of rotatable bonds is 9. The standard InChI is InChI=1S/C28H34N6O4S/c1-19-17-22(20(2)33(19)24-9-8-21(37-3)18-25(24)34(35)36)27-26(23-7-4-5-10-29-23)30-28(39)32(27)12-6-11-31-13-15-38-16-14-31/h4-5,7-10,17-18,26-27H,6,11-16H2,1-3H3,(H,30,39). The zero-order valence-electron chi connectivity index (χ0n) is 22.5. The molecule has 4 heterocycles. The number of benzene rings is 1. The van der Waals surface area contributed by atoms with Gasteiger partial charge in [0.2, 0.25) is 0 Å². The van der Waals surface area contributed by atoms with Crippen molar-refractivity contribution in [2.75, 3.05) is 46.5 Å². The minimum atomic E-state index is -0.364. The van der Waals surface area contributed by atoms with Crippen LogP contribution < -0.4 is 10.1 Å². The average Bonchev–Trinajstić information content (AvgIpc) is 3.43. The van der Waals surface area contributed by atoms with Crippen molar-refractivity contribution in [3.63, 3.8) is 0 Å². The van der Waals surface area contributed by atoms with Crippen molar-refractivity contribution in [1.82, 2.24) is 24.7 Å². The molecule has 1 N–H and O–H groups in total. The zero-order valence-corrected chi connectivity index (χ0v) is 23.3. The highest BCUT2D eigenvalue weighted by Gasteiger charge is 2.41. The largest absolute Gasteiger partial charge is 0.496 e. The van der Waals surface area contributed by atoms with Crippen LogP contribution in [0.15, 0.2) is 48.7 Å². The highest BCUT2D eigenvalue weighted by molar-refractivity contribution is 7.80. The van der Waals surface area contributed by atoms with E-state index in [0.29, 0.717) is 16.5 Å². The predicted molar refractivity (Wildman–Crippen MR) is 152 cm³/mol. The highest BCUT2D eigenvalue weighted by Crippen LogP contribution is 2.42. The topological polar surface area (TPSA) is 97.9 Å². The van der Waals surface area contributed by atoms with Gasteiger partial charge in [-0.15, -0.1) is 0 Å². The molecule has 206 valence electrons. The number of hydrogen-bond donors (Lipinski definition) is 1. The molecule has 10 nitrogen and oxygen atoms in total. The Morgan fingerprint density at radius 1 is 1.18 bits per heavy atom. The first-order valence-corrected chi connectivity index (χ1v) is 13.6. The molecule has 0 saturated carbocycles. The van der Waals surface area contributed by atoms with Crippen molar-refractivity contribution >= 4 is 23.0 Å². The number of thiocarbonyl (C=S) groups is 1. The van der Waals surface area contributed by atoms with Crippen LogP contribution in [0.4, 0.5) is 5.69 Å². The Balaban J connectivity index is 1.52. The van der Waals surface area contributed by atoms with Gasteiger partial charge in [0.15, 0.2) is 5.11 Å². The van der Waals surface area contributed by atoms with Crippen molar-refractivity contribution < 1.29 is 14.4 Å². The number of morpholine rings is 1. The van der Waals surface area contributed by atoms with Crippen molar-refractivity contribution in [2.45, 2.75) is 32.4 Å². The van der Waals surface area contributed by atoms with Gasteiger partial charge in [-0.25, -0.2) is 0 Å². The van der Waals surface area contributed by atoms with Gasteiger partial charge in [0, 0.05) is 43.8 Å². The molecule has 2 aromatic heterocycles. The second kappa shape index (κ2) is 11.7. The van der Waals surface area contributed by atoms with Gasteiger partial charge < -0.3 is 24.3 Å². The van der Waals surface area contributed by atoms with E-state index < -0.39 is 0 Å². The third-order valence-electron chi connectivity index (χ3n) is 7.58. The lowest BCUT2D eigenvalue weighted by Crippen LogP contribution is -2.39. The van der Waals surface area contributed by atoms with E-state index >= 15 is 0 Å². The van der Waals surface area contributed by atoms with Crippen LogP contribution in [0, 0.1) is 24.0 Å². The summed E-state index contributed by atoms with van der Waals surface area (Å²) in [5, 5.41) is 16.2. The number of hydrogen-bond acceptors (Lipinski definition) is 7. The molecule has 0 amide bonds. The van der Waals surface area contributed by atoms with Gasteiger partial charge in [-0.05, 0) is 68.4 Å². The first kappa shape index (κ1) is 27.0. The molecule has 5 rings (SSSR count). The van der Waals surface area contributed by atoms with Crippen LogP contribution in [0.1, 0.15) is 41.1 Å². The Bertz CT molecular complexity index is 1340. The summed E-state index contributed by atoms with van der Waals surface area (Å²) < 4.78 is 12.7. The molecule has 3 aromatic rings. The van der Waals surface area contributed by atoms with Gasteiger partial charge in [-0.3, -0.25) is 20.0 Å². The molecule has 2 aliphatic heterocycles. The van der Waals surface area contributed by atoms with E-state index in [2.05, 4.69) is 26.2 Å². The van der Waals surface area contributed by atoms with Gasteiger partial charge in [0.05, 0.1) is 49.1 Å². The van der Waals surface area contributed by atoms with Crippen molar-refractivity contribution in [1.29, 1.82) is 0 Å². The van der Waals surface area contributed by atoms with Gasteiger partial charge in [-0.1, -0.05) is 6.07 Å². The Morgan fingerprint density at radius 2 is 1.97 bits per heavy atom. The first-order chi connectivity index (χ1) is 18.9. The summed E-state index contributed by atoms with van der Waals surface area (Å²) in [6.45, 7) is 9.19. The first-order valence-electron chi connectivity index (χ1n) is 13.2. The van der Waals surface area contributed by atoms with E-state index in [9.17, 15) is 10.1 Å². The van der Waals surface area contributed by atoms with E-state index in [0.717, 1.165) is 68.5 Å². The van der Waals surface area contributed by atoms with Crippen LogP contribution in [0.5, 0.6) is 5.75 Å². The van der Waals surface area contributed by atoms with Gasteiger partial charge in [0.1, 0.15) is 11.4 Å². The molecule has 2 saturated heterocycles. The van der Waals surface area contributed by atoms with Crippen LogP contribution in [-0.4, -0.2) is 75.9 Å². The third kappa shape index (κ3) is 5.47. The fourth-order valence-electron chi connectivity index (χ4n) is 5.70. The summed E-state index contributed by atoms with van der Waals surface area (Å²) in [5.41, 5.74) is 4.29. The number of ether oxygens (including phenoxy) is 2. The van der Waals surface area contributed by atoms with Gasteiger partial charge in [-0.2, -0.15) is 0 Å². The number of aryl methyl sites for hydroxylation is 1. The normalized spacial score (nSPS) is 19.8. The summed E-state index contributed by atoms with van der Waals surface area (Å²) in [6.07, 6.45) is 2.75. The van der Waals surface area contributed by atoms with E-state index in [1.165, 1.54) is 13.2 Å². The number of nitrogens with one attached hydrogen (secondary N) is 1. The molecule has 0 spiro atoms. The van der Waals surface area contributed by atoms with Crippen molar-refractivity contribution in [3.8, 4) is 11.4 Å². The Labute approximate surface area is 233 Å². The van der Waals surface area contributed by atoms with Gasteiger partial charge >= 0.3 is 0 Å². The lowest BCUT2D eigenvalue weighted by molar-refractivity contribution is -0.384. The molecule has 2 unspecified atom stereocenters. The molecule has 0 aliphatic carbocycles. The number of methoxy groups -OCH3 is 1. The molecule has 2 fully saturated rings. The molecule has 39 heavy (non-hydrogen) atoms. The Hall–Kier alpha value is -3.54. The van der Waals surface area contributed by atoms with E-state index in [1.807, 2.05) is 36.6 Å². The van der Waals surface area contributed by atoms with Crippen LogP contribution in [0.2, 0.25) is 0 Å². The molecular formula is C28H34N6O4S. The van der Waals surface area contributed by atoms with E-state index in [-0.39, 0.29) is 22.7 Å². The second-order valence-corrected chi connectivity index (χ2v) is 10.3. The number of nitrogens with zero attached hydrogens (tertiary/aromatic N) is 5. The zero-order chi connectivity index (χ0) is 27.5.